The second-order valence-corrected chi connectivity index (χ2v) is 5.28. The molecule has 0 spiro atoms. The van der Waals surface area contributed by atoms with Gasteiger partial charge in [-0.1, -0.05) is 12.1 Å². The van der Waals surface area contributed by atoms with Crippen molar-refractivity contribution < 1.29 is 0 Å². The van der Waals surface area contributed by atoms with Crippen LogP contribution >= 0.6 is 11.3 Å². The molecule has 0 aliphatic carbocycles. The van der Waals surface area contributed by atoms with Crippen LogP contribution in [0.3, 0.4) is 0 Å². The molecule has 1 heterocycles. The monoisotopic (exact) mass is 205 g/mol. The molecule has 0 saturated carbocycles. The van der Waals surface area contributed by atoms with E-state index in [1.165, 1.54) is 21.2 Å². The number of hydrogen-bond donors (Lipinski definition) is 1. The molecule has 0 atom stereocenters. The fourth-order valence-corrected chi connectivity index (χ4v) is 2.87. The molecule has 1 aromatic carbocycles. The maximum absolute atomic E-state index is 6.11. The summed E-state index contributed by atoms with van der Waals surface area (Å²) in [7, 11) is 0. The maximum Gasteiger partial charge on any atom is 0.0366 e. The van der Waals surface area contributed by atoms with Crippen LogP contribution in [0, 0.1) is 6.92 Å². The Hall–Kier alpha value is -0.860. The molecule has 0 amide bonds. The van der Waals surface area contributed by atoms with Crippen molar-refractivity contribution in [3.05, 3.63) is 34.7 Å². The summed E-state index contributed by atoms with van der Waals surface area (Å²) in [5, 5.41) is 3.47. The largest absolute Gasteiger partial charge is 0.322 e. The first-order valence-electron chi connectivity index (χ1n) is 4.76. The number of hydrogen-bond acceptors (Lipinski definition) is 2. The van der Waals surface area contributed by atoms with Gasteiger partial charge in [-0.15, -0.1) is 11.3 Å². The molecular weight excluding hydrogens is 190 g/mol. The Morgan fingerprint density at radius 2 is 2.00 bits per heavy atom. The second kappa shape index (κ2) is 3.07. The van der Waals surface area contributed by atoms with Crippen LogP contribution < -0.4 is 5.73 Å². The standard InChI is InChI=1S/C12H15NS/c1-8-4-5-9-10(12(2,3)13)7-14-11(9)6-8/h4-7H,13H2,1-3H3. The van der Waals surface area contributed by atoms with Crippen LogP contribution in [0.5, 0.6) is 0 Å². The molecule has 2 N–H and O–H groups in total. The number of nitrogens with two attached hydrogens (primary N) is 1. The average Bonchev–Trinajstić information content (AvgIpc) is 2.45. The van der Waals surface area contributed by atoms with Crippen molar-refractivity contribution >= 4 is 21.4 Å². The van der Waals surface area contributed by atoms with E-state index in [0.29, 0.717) is 0 Å². The maximum atomic E-state index is 6.11. The predicted octanol–water partition coefficient (Wildman–Crippen LogP) is 3.40. The summed E-state index contributed by atoms with van der Waals surface area (Å²) in [4.78, 5) is 0. The van der Waals surface area contributed by atoms with Crippen molar-refractivity contribution in [3.63, 3.8) is 0 Å². The fraction of sp³-hybridized carbons (Fsp3) is 0.333. The fourth-order valence-electron chi connectivity index (χ4n) is 1.63. The zero-order valence-corrected chi connectivity index (χ0v) is 9.61. The van der Waals surface area contributed by atoms with Crippen molar-refractivity contribution in [3.8, 4) is 0 Å². The summed E-state index contributed by atoms with van der Waals surface area (Å²) in [6.07, 6.45) is 0. The zero-order chi connectivity index (χ0) is 10.3. The van der Waals surface area contributed by atoms with Crippen molar-refractivity contribution in [1.82, 2.24) is 0 Å². The molecule has 1 nitrogen and oxygen atoms in total. The quantitative estimate of drug-likeness (QED) is 0.758. The van der Waals surface area contributed by atoms with Crippen molar-refractivity contribution in [2.75, 3.05) is 0 Å². The topological polar surface area (TPSA) is 26.0 Å². The Balaban J connectivity index is 2.70. The van der Waals surface area contributed by atoms with Crippen LogP contribution in [-0.2, 0) is 5.54 Å². The van der Waals surface area contributed by atoms with Gasteiger partial charge in [0.1, 0.15) is 0 Å². The van der Waals surface area contributed by atoms with Gasteiger partial charge in [-0.05, 0) is 48.7 Å². The van der Waals surface area contributed by atoms with E-state index in [4.69, 9.17) is 5.73 Å². The molecule has 0 aliphatic heterocycles. The lowest BCUT2D eigenvalue weighted by atomic mass is 9.95. The van der Waals surface area contributed by atoms with E-state index in [-0.39, 0.29) is 5.54 Å². The summed E-state index contributed by atoms with van der Waals surface area (Å²) in [5.74, 6) is 0. The minimum atomic E-state index is -0.243. The molecule has 74 valence electrons. The minimum Gasteiger partial charge on any atom is -0.322 e. The molecule has 14 heavy (non-hydrogen) atoms. The number of rotatable bonds is 1. The number of thiophene rings is 1. The van der Waals surface area contributed by atoms with Gasteiger partial charge in [-0.3, -0.25) is 0 Å². The SMILES string of the molecule is Cc1ccc2c(C(C)(C)N)csc2c1. The van der Waals surface area contributed by atoms with E-state index in [1.807, 2.05) is 13.8 Å². The van der Waals surface area contributed by atoms with E-state index in [9.17, 15) is 0 Å². The van der Waals surface area contributed by atoms with E-state index >= 15 is 0 Å². The van der Waals surface area contributed by atoms with Crippen LogP contribution in [0.2, 0.25) is 0 Å². The summed E-state index contributed by atoms with van der Waals surface area (Å²) in [5.41, 5.74) is 8.42. The number of aryl methyl sites for hydroxylation is 1. The summed E-state index contributed by atoms with van der Waals surface area (Å²) in [6.45, 7) is 6.22. The third-order valence-electron chi connectivity index (χ3n) is 2.43. The minimum absolute atomic E-state index is 0.243. The van der Waals surface area contributed by atoms with E-state index in [1.54, 1.807) is 11.3 Å². The molecule has 0 radical (unpaired) electrons. The highest BCUT2D eigenvalue weighted by molar-refractivity contribution is 7.17. The van der Waals surface area contributed by atoms with Crippen LogP contribution in [0.1, 0.15) is 25.0 Å². The van der Waals surface area contributed by atoms with Gasteiger partial charge >= 0.3 is 0 Å². The Bertz CT molecular complexity index is 463. The van der Waals surface area contributed by atoms with Crippen molar-refractivity contribution in [2.45, 2.75) is 26.3 Å². The Morgan fingerprint density at radius 1 is 1.29 bits per heavy atom. The Kier molecular flexibility index (Phi) is 2.13. The molecule has 0 bridgehead atoms. The van der Waals surface area contributed by atoms with E-state index in [0.717, 1.165) is 0 Å². The molecular formula is C12H15NS. The zero-order valence-electron chi connectivity index (χ0n) is 8.79. The lowest BCUT2D eigenvalue weighted by Crippen LogP contribution is -2.28. The average molecular weight is 205 g/mol. The third kappa shape index (κ3) is 1.56. The molecule has 1 aromatic heterocycles. The van der Waals surface area contributed by atoms with Gasteiger partial charge < -0.3 is 5.73 Å². The molecule has 2 heteroatoms. The van der Waals surface area contributed by atoms with Crippen molar-refractivity contribution in [2.24, 2.45) is 5.73 Å². The predicted molar refractivity (Wildman–Crippen MR) is 63.8 cm³/mol. The first-order valence-corrected chi connectivity index (χ1v) is 5.63. The van der Waals surface area contributed by atoms with Crippen LogP contribution in [0.15, 0.2) is 23.6 Å². The van der Waals surface area contributed by atoms with Gasteiger partial charge in [0.25, 0.3) is 0 Å². The van der Waals surface area contributed by atoms with Gasteiger partial charge in [0, 0.05) is 10.2 Å². The lowest BCUT2D eigenvalue weighted by Gasteiger charge is -2.17. The smallest absolute Gasteiger partial charge is 0.0366 e. The number of benzene rings is 1. The van der Waals surface area contributed by atoms with E-state index in [2.05, 4.69) is 30.5 Å². The Morgan fingerprint density at radius 3 is 2.64 bits per heavy atom. The van der Waals surface area contributed by atoms with Gasteiger partial charge in [-0.2, -0.15) is 0 Å². The van der Waals surface area contributed by atoms with Crippen LogP contribution in [0.4, 0.5) is 0 Å². The summed E-state index contributed by atoms with van der Waals surface area (Å²) >= 11 is 1.77. The molecule has 0 fully saturated rings. The van der Waals surface area contributed by atoms with Crippen LogP contribution in [-0.4, -0.2) is 0 Å². The first kappa shape index (κ1) is 9.69. The summed E-state index contributed by atoms with van der Waals surface area (Å²) in [6, 6.07) is 6.53. The highest BCUT2D eigenvalue weighted by Gasteiger charge is 2.18. The number of fused-ring (bicyclic) bond motifs is 1. The Labute approximate surface area is 88.6 Å². The highest BCUT2D eigenvalue weighted by Crippen LogP contribution is 2.32. The van der Waals surface area contributed by atoms with E-state index < -0.39 is 0 Å². The highest BCUT2D eigenvalue weighted by atomic mass is 32.1. The van der Waals surface area contributed by atoms with Gasteiger partial charge in [0.05, 0.1) is 0 Å². The molecule has 2 aromatic rings. The first-order chi connectivity index (χ1) is 6.48. The summed E-state index contributed by atoms with van der Waals surface area (Å²) < 4.78 is 1.33. The van der Waals surface area contributed by atoms with Crippen LogP contribution in [0.25, 0.3) is 10.1 Å². The van der Waals surface area contributed by atoms with Gasteiger partial charge in [-0.25, -0.2) is 0 Å². The van der Waals surface area contributed by atoms with Gasteiger partial charge in [0.15, 0.2) is 0 Å². The normalized spacial score (nSPS) is 12.3. The molecule has 0 saturated heterocycles. The van der Waals surface area contributed by atoms with Gasteiger partial charge in [0.2, 0.25) is 0 Å². The molecule has 0 aliphatic rings. The lowest BCUT2D eigenvalue weighted by molar-refractivity contribution is 0.561. The van der Waals surface area contributed by atoms with Crippen molar-refractivity contribution in [1.29, 1.82) is 0 Å². The molecule has 2 rings (SSSR count). The third-order valence-corrected chi connectivity index (χ3v) is 3.37. The second-order valence-electron chi connectivity index (χ2n) is 4.37. The molecule has 0 unspecified atom stereocenters.